The standard InChI is InChI=1S/C14H28N2O2/c1-11-6-5-7-12(8-11)9-15-13(17)16(4)10-14(2,3)18/h11-12,18H,5-10H2,1-4H3,(H,15,17). The van der Waals surface area contributed by atoms with Gasteiger partial charge in [0, 0.05) is 13.6 Å². The van der Waals surface area contributed by atoms with Crippen molar-refractivity contribution >= 4 is 6.03 Å². The smallest absolute Gasteiger partial charge is 0.317 e. The van der Waals surface area contributed by atoms with Crippen LogP contribution in [-0.2, 0) is 0 Å². The second-order valence-electron chi connectivity index (χ2n) is 6.49. The zero-order chi connectivity index (χ0) is 13.8. The van der Waals surface area contributed by atoms with Gasteiger partial charge < -0.3 is 15.3 Å². The first-order chi connectivity index (χ1) is 8.28. The highest BCUT2D eigenvalue weighted by Gasteiger charge is 2.22. The van der Waals surface area contributed by atoms with Crippen LogP contribution in [-0.4, -0.2) is 41.8 Å². The van der Waals surface area contributed by atoms with Crippen LogP contribution in [0.3, 0.4) is 0 Å². The van der Waals surface area contributed by atoms with Gasteiger partial charge in [-0.2, -0.15) is 0 Å². The number of carbonyl (C=O) groups excluding carboxylic acids is 1. The van der Waals surface area contributed by atoms with Gasteiger partial charge in [-0.25, -0.2) is 4.79 Å². The fourth-order valence-electron chi connectivity index (χ4n) is 2.76. The van der Waals surface area contributed by atoms with E-state index >= 15 is 0 Å². The lowest BCUT2D eigenvalue weighted by Gasteiger charge is -2.29. The third kappa shape index (κ3) is 5.71. The molecule has 1 fully saturated rings. The van der Waals surface area contributed by atoms with Crippen molar-refractivity contribution in [2.75, 3.05) is 20.1 Å². The molecule has 0 aliphatic heterocycles. The van der Waals surface area contributed by atoms with E-state index in [1.807, 2.05) is 0 Å². The topological polar surface area (TPSA) is 52.6 Å². The van der Waals surface area contributed by atoms with Crippen molar-refractivity contribution in [1.29, 1.82) is 0 Å². The monoisotopic (exact) mass is 256 g/mol. The molecule has 0 aromatic carbocycles. The first kappa shape index (κ1) is 15.3. The Labute approximate surface area is 111 Å². The molecule has 0 aromatic rings. The Hall–Kier alpha value is -0.770. The Kier molecular flexibility index (Phi) is 5.45. The van der Waals surface area contributed by atoms with Gasteiger partial charge >= 0.3 is 6.03 Å². The lowest BCUT2D eigenvalue weighted by molar-refractivity contribution is 0.0529. The molecule has 2 amide bonds. The van der Waals surface area contributed by atoms with Gasteiger partial charge in [0.25, 0.3) is 0 Å². The number of hydrogen-bond donors (Lipinski definition) is 2. The number of urea groups is 1. The number of nitrogens with zero attached hydrogens (tertiary/aromatic N) is 1. The van der Waals surface area contributed by atoms with E-state index < -0.39 is 5.60 Å². The van der Waals surface area contributed by atoms with Crippen LogP contribution in [0.4, 0.5) is 4.79 Å². The summed E-state index contributed by atoms with van der Waals surface area (Å²) >= 11 is 0. The van der Waals surface area contributed by atoms with Crippen LogP contribution in [0.1, 0.15) is 46.5 Å². The fourth-order valence-corrected chi connectivity index (χ4v) is 2.76. The van der Waals surface area contributed by atoms with Crippen LogP contribution >= 0.6 is 0 Å². The molecular formula is C14H28N2O2. The zero-order valence-corrected chi connectivity index (χ0v) is 12.2. The molecular weight excluding hydrogens is 228 g/mol. The van der Waals surface area contributed by atoms with Crippen molar-refractivity contribution in [2.24, 2.45) is 11.8 Å². The maximum atomic E-state index is 11.8. The lowest BCUT2D eigenvalue weighted by atomic mass is 9.82. The van der Waals surface area contributed by atoms with E-state index in [4.69, 9.17) is 0 Å². The fraction of sp³-hybridized carbons (Fsp3) is 0.929. The van der Waals surface area contributed by atoms with Crippen LogP contribution in [0, 0.1) is 11.8 Å². The number of carbonyl (C=O) groups is 1. The van der Waals surface area contributed by atoms with Gasteiger partial charge in [-0.3, -0.25) is 0 Å². The number of amides is 2. The van der Waals surface area contributed by atoms with Crippen LogP contribution in [0.25, 0.3) is 0 Å². The number of nitrogens with one attached hydrogen (secondary N) is 1. The average molecular weight is 256 g/mol. The summed E-state index contributed by atoms with van der Waals surface area (Å²) in [6.45, 7) is 6.81. The summed E-state index contributed by atoms with van der Waals surface area (Å²) in [7, 11) is 1.72. The van der Waals surface area contributed by atoms with E-state index in [1.54, 1.807) is 25.8 Å². The Morgan fingerprint density at radius 1 is 1.44 bits per heavy atom. The van der Waals surface area contributed by atoms with E-state index in [-0.39, 0.29) is 6.03 Å². The maximum Gasteiger partial charge on any atom is 0.317 e. The van der Waals surface area contributed by atoms with E-state index in [0.717, 1.165) is 12.5 Å². The van der Waals surface area contributed by atoms with Crippen LogP contribution < -0.4 is 5.32 Å². The summed E-state index contributed by atoms with van der Waals surface area (Å²) in [6.07, 6.45) is 5.04. The van der Waals surface area contributed by atoms with Crippen molar-refractivity contribution in [3.05, 3.63) is 0 Å². The van der Waals surface area contributed by atoms with Crippen molar-refractivity contribution in [1.82, 2.24) is 10.2 Å². The second-order valence-corrected chi connectivity index (χ2v) is 6.49. The molecule has 0 aromatic heterocycles. The predicted molar refractivity (Wildman–Crippen MR) is 73.4 cm³/mol. The van der Waals surface area contributed by atoms with Crippen molar-refractivity contribution in [2.45, 2.75) is 52.1 Å². The molecule has 4 heteroatoms. The Balaban J connectivity index is 2.27. The molecule has 1 saturated carbocycles. The molecule has 0 saturated heterocycles. The van der Waals surface area contributed by atoms with Gasteiger partial charge in [0.15, 0.2) is 0 Å². The van der Waals surface area contributed by atoms with E-state index in [2.05, 4.69) is 12.2 Å². The van der Waals surface area contributed by atoms with Gasteiger partial charge in [0.05, 0.1) is 12.1 Å². The highest BCUT2D eigenvalue weighted by atomic mass is 16.3. The molecule has 18 heavy (non-hydrogen) atoms. The number of likely N-dealkylation sites (N-methyl/N-ethyl adjacent to an activating group) is 1. The molecule has 2 N–H and O–H groups in total. The number of aliphatic hydroxyl groups is 1. The minimum absolute atomic E-state index is 0.0876. The molecule has 0 radical (unpaired) electrons. The molecule has 4 nitrogen and oxygen atoms in total. The van der Waals surface area contributed by atoms with Gasteiger partial charge in [-0.15, -0.1) is 0 Å². The minimum Gasteiger partial charge on any atom is -0.389 e. The molecule has 1 aliphatic rings. The first-order valence-corrected chi connectivity index (χ1v) is 6.99. The highest BCUT2D eigenvalue weighted by Crippen LogP contribution is 2.27. The summed E-state index contributed by atoms with van der Waals surface area (Å²) < 4.78 is 0. The largest absolute Gasteiger partial charge is 0.389 e. The summed E-state index contributed by atoms with van der Waals surface area (Å²) in [4.78, 5) is 13.4. The summed E-state index contributed by atoms with van der Waals surface area (Å²) in [5, 5.41) is 12.6. The summed E-state index contributed by atoms with van der Waals surface area (Å²) in [5.41, 5.74) is -0.842. The van der Waals surface area contributed by atoms with E-state index in [1.165, 1.54) is 25.7 Å². The molecule has 106 valence electrons. The molecule has 2 atom stereocenters. The van der Waals surface area contributed by atoms with Crippen molar-refractivity contribution < 1.29 is 9.90 Å². The quantitative estimate of drug-likeness (QED) is 0.810. The number of rotatable bonds is 4. The predicted octanol–water partition coefficient (Wildman–Crippen LogP) is 2.23. The lowest BCUT2D eigenvalue weighted by Crippen LogP contribution is -2.45. The van der Waals surface area contributed by atoms with Crippen LogP contribution in [0.2, 0.25) is 0 Å². The zero-order valence-electron chi connectivity index (χ0n) is 12.2. The second kappa shape index (κ2) is 6.41. The number of hydrogen-bond acceptors (Lipinski definition) is 2. The van der Waals surface area contributed by atoms with E-state index in [0.29, 0.717) is 12.5 Å². The molecule has 1 rings (SSSR count). The van der Waals surface area contributed by atoms with Gasteiger partial charge in [0.2, 0.25) is 0 Å². The summed E-state index contributed by atoms with van der Waals surface area (Å²) in [5.74, 6) is 1.41. The third-order valence-electron chi connectivity index (χ3n) is 3.56. The summed E-state index contributed by atoms with van der Waals surface area (Å²) in [6, 6.07) is -0.0876. The van der Waals surface area contributed by atoms with Crippen molar-refractivity contribution in [3.63, 3.8) is 0 Å². The molecule has 2 unspecified atom stereocenters. The Morgan fingerprint density at radius 3 is 2.67 bits per heavy atom. The average Bonchev–Trinajstić information content (AvgIpc) is 2.23. The maximum absolute atomic E-state index is 11.8. The third-order valence-corrected chi connectivity index (χ3v) is 3.56. The van der Waals surface area contributed by atoms with Gasteiger partial charge in [0.1, 0.15) is 0 Å². The SMILES string of the molecule is CC1CCCC(CNC(=O)N(C)CC(C)(C)O)C1. The Bertz CT molecular complexity index is 273. The molecule has 0 bridgehead atoms. The molecule has 0 heterocycles. The Morgan fingerprint density at radius 2 is 2.11 bits per heavy atom. The molecule has 1 aliphatic carbocycles. The first-order valence-electron chi connectivity index (χ1n) is 6.99. The van der Waals surface area contributed by atoms with Crippen LogP contribution in [0.15, 0.2) is 0 Å². The molecule has 0 spiro atoms. The van der Waals surface area contributed by atoms with Gasteiger partial charge in [-0.05, 0) is 38.5 Å². The van der Waals surface area contributed by atoms with Crippen LogP contribution in [0.5, 0.6) is 0 Å². The van der Waals surface area contributed by atoms with Gasteiger partial charge in [-0.1, -0.05) is 19.8 Å². The van der Waals surface area contributed by atoms with E-state index in [9.17, 15) is 9.90 Å². The highest BCUT2D eigenvalue weighted by molar-refractivity contribution is 5.73. The normalized spacial score (nSPS) is 24.7. The minimum atomic E-state index is -0.842. The van der Waals surface area contributed by atoms with Crippen molar-refractivity contribution in [3.8, 4) is 0 Å².